The topological polar surface area (TPSA) is 46.8 Å². The van der Waals surface area contributed by atoms with Crippen molar-refractivity contribution in [2.24, 2.45) is 7.05 Å². The third kappa shape index (κ3) is 0.921. The molecule has 0 radical (unpaired) electrons. The highest BCUT2D eigenvalue weighted by Crippen LogP contribution is 2.24. The van der Waals surface area contributed by atoms with Crippen LogP contribution < -0.4 is 4.90 Å². The van der Waals surface area contributed by atoms with Gasteiger partial charge in [-0.2, -0.15) is 0 Å². The van der Waals surface area contributed by atoms with E-state index in [4.69, 9.17) is 0 Å². The second-order valence-electron chi connectivity index (χ2n) is 3.57. The van der Waals surface area contributed by atoms with Gasteiger partial charge in [-0.1, -0.05) is 0 Å². The molecule has 2 aromatic rings. The van der Waals surface area contributed by atoms with Crippen LogP contribution in [-0.2, 0) is 7.05 Å². The lowest BCUT2D eigenvalue weighted by molar-refractivity contribution is 0.611. The molecule has 1 aliphatic heterocycles. The molecular formula is C9H11N5. The van der Waals surface area contributed by atoms with Crippen LogP contribution in [0.5, 0.6) is 0 Å². The quantitative estimate of drug-likeness (QED) is 0.658. The highest BCUT2D eigenvalue weighted by atomic mass is 15.3. The molecule has 1 fully saturated rings. The van der Waals surface area contributed by atoms with E-state index in [0.717, 1.165) is 30.1 Å². The number of rotatable bonds is 1. The van der Waals surface area contributed by atoms with E-state index in [-0.39, 0.29) is 0 Å². The Morgan fingerprint density at radius 3 is 2.79 bits per heavy atom. The highest BCUT2D eigenvalue weighted by Gasteiger charge is 2.19. The van der Waals surface area contributed by atoms with Crippen LogP contribution >= 0.6 is 0 Å². The molecule has 0 aliphatic carbocycles. The van der Waals surface area contributed by atoms with Gasteiger partial charge in [0.15, 0.2) is 17.0 Å². The van der Waals surface area contributed by atoms with Crippen molar-refractivity contribution >= 4 is 17.0 Å². The number of fused-ring (bicyclic) bond motifs is 1. The van der Waals surface area contributed by atoms with Gasteiger partial charge in [0.1, 0.15) is 6.33 Å². The number of hydrogen-bond acceptors (Lipinski definition) is 4. The predicted octanol–water partition coefficient (Wildman–Crippen LogP) is 0.573. The van der Waals surface area contributed by atoms with Gasteiger partial charge in [0.2, 0.25) is 0 Å². The summed E-state index contributed by atoms with van der Waals surface area (Å²) < 4.78 is 1.92. The first kappa shape index (κ1) is 7.73. The van der Waals surface area contributed by atoms with Crippen molar-refractivity contribution in [3.63, 3.8) is 0 Å². The van der Waals surface area contributed by atoms with Gasteiger partial charge in [0.25, 0.3) is 0 Å². The monoisotopic (exact) mass is 189 g/mol. The molecule has 0 atom stereocenters. The summed E-state index contributed by atoms with van der Waals surface area (Å²) in [6.07, 6.45) is 4.64. The van der Waals surface area contributed by atoms with Crippen LogP contribution in [0.25, 0.3) is 11.2 Å². The van der Waals surface area contributed by atoms with Crippen molar-refractivity contribution in [1.82, 2.24) is 19.5 Å². The first-order valence-electron chi connectivity index (χ1n) is 4.73. The molecule has 1 aliphatic rings. The fraction of sp³-hybridized carbons (Fsp3) is 0.444. The zero-order valence-corrected chi connectivity index (χ0v) is 8.01. The Kier molecular flexibility index (Phi) is 1.47. The molecule has 2 aromatic heterocycles. The third-order valence-corrected chi connectivity index (χ3v) is 2.63. The van der Waals surface area contributed by atoms with Crippen molar-refractivity contribution in [2.45, 2.75) is 6.42 Å². The number of aryl methyl sites for hydroxylation is 1. The summed E-state index contributed by atoms with van der Waals surface area (Å²) in [6.45, 7) is 2.17. The molecule has 1 saturated heterocycles. The van der Waals surface area contributed by atoms with Crippen LogP contribution in [0.1, 0.15) is 6.42 Å². The maximum Gasteiger partial charge on any atom is 0.165 e. The maximum atomic E-state index is 4.32. The van der Waals surface area contributed by atoms with Gasteiger partial charge < -0.3 is 9.47 Å². The average molecular weight is 189 g/mol. The van der Waals surface area contributed by atoms with Crippen LogP contribution in [-0.4, -0.2) is 32.6 Å². The fourth-order valence-corrected chi connectivity index (χ4v) is 1.69. The molecule has 0 spiro atoms. The summed E-state index contributed by atoms with van der Waals surface area (Å²) in [6, 6.07) is 0. The van der Waals surface area contributed by atoms with Gasteiger partial charge in [0.05, 0.1) is 6.33 Å². The van der Waals surface area contributed by atoms with Crippen LogP contribution in [0.15, 0.2) is 12.7 Å². The summed E-state index contributed by atoms with van der Waals surface area (Å²) in [5.74, 6) is 0.974. The van der Waals surface area contributed by atoms with E-state index >= 15 is 0 Å². The Labute approximate surface area is 81.4 Å². The summed E-state index contributed by atoms with van der Waals surface area (Å²) >= 11 is 0. The molecule has 0 N–H and O–H groups in total. The number of aromatic nitrogens is 4. The van der Waals surface area contributed by atoms with Crippen molar-refractivity contribution < 1.29 is 0 Å². The largest absolute Gasteiger partial charge is 0.355 e. The minimum atomic E-state index is 0.905. The normalized spacial score (nSPS) is 15.9. The van der Waals surface area contributed by atoms with Crippen LogP contribution in [0.4, 0.5) is 5.82 Å². The molecule has 0 amide bonds. The smallest absolute Gasteiger partial charge is 0.165 e. The average Bonchev–Trinajstić information content (AvgIpc) is 2.47. The van der Waals surface area contributed by atoms with E-state index in [1.807, 2.05) is 11.6 Å². The zero-order valence-electron chi connectivity index (χ0n) is 8.01. The van der Waals surface area contributed by atoms with E-state index in [0.29, 0.717) is 0 Å². The molecule has 3 heterocycles. The highest BCUT2D eigenvalue weighted by molar-refractivity contribution is 5.83. The molecular weight excluding hydrogens is 178 g/mol. The van der Waals surface area contributed by atoms with Crippen molar-refractivity contribution in [3.8, 4) is 0 Å². The Balaban J connectivity index is 2.22. The Morgan fingerprint density at radius 2 is 2.07 bits per heavy atom. The lowest BCUT2D eigenvalue weighted by Gasteiger charge is -2.31. The van der Waals surface area contributed by atoms with E-state index in [2.05, 4.69) is 19.9 Å². The second-order valence-corrected chi connectivity index (χ2v) is 3.57. The van der Waals surface area contributed by atoms with Gasteiger partial charge in [-0.25, -0.2) is 15.0 Å². The third-order valence-electron chi connectivity index (χ3n) is 2.63. The molecule has 72 valence electrons. The van der Waals surface area contributed by atoms with Gasteiger partial charge in [-0.05, 0) is 6.42 Å². The predicted molar refractivity (Wildman–Crippen MR) is 53.1 cm³/mol. The van der Waals surface area contributed by atoms with Crippen molar-refractivity contribution in [2.75, 3.05) is 18.0 Å². The SMILES string of the molecule is Cn1cnc2c(N3CCC3)ncnc21. The summed E-state index contributed by atoms with van der Waals surface area (Å²) in [5, 5.41) is 0. The molecule has 0 bridgehead atoms. The van der Waals surface area contributed by atoms with Gasteiger partial charge in [0, 0.05) is 20.1 Å². The van der Waals surface area contributed by atoms with Gasteiger partial charge in [-0.15, -0.1) is 0 Å². The second kappa shape index (κ2) is 2.67. The molecule has 14 heavy (non-hydrogen) atoms. The molecule has 5 nitrogen and oxygen atoms in total. The lowest BCUT2D eigenvalue weighted by Crippen LogP contribution is -2.37. The van der Waals surface area contributed by atoms with Gasteiger partial charge in [-0.3, -0.25) is 0 Å². The fourth-order valence-electron chi connectivity index (χ4n) is 1.69. The van der Waals surface area contributed by atoms with E-state index in [9.17, 15) is 0 Å². The lowest BCUT2D eigenvalue weighted by atomic mass is 10.2. The van der Waals surface area contributed by atoms with E-state index < -0.39 is 0 Å². The van der Waals surface area contributed by atoms with Gasteiger partial charge >= 0.3 is 0 Å². The zero-order chi connectivity index (χ0) is 9.54. The molecule has 3 rings (SSSR count). The maximum absolute atomic E-state index is 4.32. The van der Waals surface area contributed by atoms with Crippen molar-refractivity contribution in [1.29, 1.82) is 0 Å². The molecule has 0 unspecified atom stereocenters. The van der Waals surface area contributed by atoms with Crippen LogP contribution in [0, 0.1) is 0 Å². The summed E-state index contributed by atoms with van der Waals surface area (Å²) in [4.78, 5) is 15.0. The Hall–Kier alpha value is -1.65. The minimum absolute atomic E-state index is 0.905. The van der Waals surface area contributed by atoms with Crippen LogP contribution in [0.2, 0.25) is 0 Å². The molecule has 5 heteroatoms. The minimum Gasteiger partial charge on any atom is -0.355 e. The molecule has 0 aromatic carbocycles. The summed E-state index contributed by atoms with van der Waals surface area (Å²) in [7, 11) is 1.95. The number of imidazole rings is 1. The first-order valence-corrected chi connectivity index (χ1v) is 4.73. The van der Waals surface area contributed by atoms with E-state index in [1.165, 1.54) is 6.42 Å². The van der Waals surface area contributed by atoms with E-state index in [1.54, 1.807) is 12.7 Å². The number of nitrogens with zero attached hydrogens (tertiary/aromatic N) is 5. The summed E-state index contributed by atoms with van der Waals surface area (Å²) in [5.41, 5.74) is 1.82. The standard InChI is InChI=1S/C9H11N5/c1-13-6-12-7-8(13)10-5-11-9(7)14-3-2-4-14/h5-6H,2-4H2,1H3. The molecule has 0 saturated carbocycles. The first-order chi connectivity index (χ1) is 6.86. The van der Waals surface area contributed by atoms with Crippen molar-refractivity contribution in [3.05, 3.63) is 12.7 Å². The Morgan fingerprint density at radius 1 is 1.21 bits per heavy atom. The number of anilines is 1. The number of hydrogen-bond donors (Lipinski definition) is 0. The Bertz CT molecular complexity index is 471. The van der Waals surface area contributed by atoms with Crippen LogP contribution in [0.3, 0.4) is 0 Å².